The molecule has 10 heavy (non-hydrogen) atoms. The second-order valence-electron chi connectivity index (χ2n) is 2.24. The molecule has 0 fully saturated rings. The quantitative estimate of drug-likeness (QED) is 0.485. The smallest absolute Gasteiger partial charge is 0.114 e. The van der Waals surface area contributed by atoms with Gasteiger partial charge in [-0.2, -0.15) is 0 Å². The van der Waals surface area contributed by atoms with Crippen molar-refractivity contribution in [3.8, 4) is 0 Å². The molecule has 0 bridgehead atoms. The second kappa shape index (κ2) is 2.14. The highest BCUT2D eigenvalue weighted by Crippen LogP contribution is 2.11. The average Bonchev–Trinajstić information content (AvgIpc) is 2.28. The third-order valence-electron chi connectivity index (χ3n) is 1.54. The highest BCUT2D eigenvalue weighted by atomic mass is 15.2. The number of allylic oxidation sites excluding steroid dienone is 5. The minimum atomic E-state index is 0.768. The summed E-state index contributed by atoms with van der Waals surface area (Å²) in [7, 11) is 0. The Kier molecular flexibility index (Phi) is 1.17. The first-order chi connectivity index (χ1) is 4.97. The maximum absolute atomic E-state index is 4.12. The van der Waals surface area contributed by atoms with E-state index in [1.165, 1.54) is 5.70 Å². The number of aliphatic imine (C=N–C) groups is 1. The van der Waals surface area contributed by atoms with Crippen LogP contribution in [0.1, 0.15) is 0 Å². The van der Waals surface area contributed by atoms with E-state index in [2.05, 4.69) is 16.0 Å². The van der Waals surface area contributed by atoms with Crippen LogP contribution < -0.4 is 0 Å². The molecule has 0 radical (unpaired) electrons. The Labute approximate surface area is 59.9 Å². The summed E-state index contributed by atoms with van der Waals surface area (Å²) in [4.78, 5) is 6.21. The Hall–Kier alpha value is -1.31. The Balaban J connectivity index is 2.36. The highest BCUT2D eigenvalue weighted by molar-refractivity contribution is 5.80. The van der Waals surface area contributed by atoms with E-state index in [0.29, 0.717) is 0 Å². The highest BCUT2D eigenvalue weighted by Gasteiger charge is 2.08. The van der Waals surface area contributed by atoms with Crippen LogP contribution >= 0.6 is 0 Å². The number of fused-ring (bicyclic) bond motifs is 1. The van der Waals surface area contributed by atoms with Gasteiger partial charge in [-0.25, -0.2) is 0 Å². The van der Waals surface area contributed by atoms with Crippen LogP contribution in [0.5, 0.6) is 0 Å². The predicted molar refractivity (Wildman–Crippen MR) is 41.6 cm³/mol. The molecule has 0 N–H and O–H groups in total. The van der Waals surface area contributed by atoms with Gasteiger partial charge in [0.1, 0.15) is 6.67 Å². The predicted octanol–water partition coefficient (Wildman–Crippen LogP) is 1.30. The van der Waals surface area contributed by atoms with Crippen LogP contribution in [0.4, 0.5) is 0 Å². The van der Waals surface area contributed by atoms with Crippen molar-refractivity contribution in [1.82, 2.24) is 4.90 Å². The molecule has 2 aliphatic rings. The number of nitrogens with zero attached hydrogens (tertiary/aromatic N) is 2. The fourth-order valence-corrected chi connectivity index (χ4v) is 1.02. The fourth-order valence-electron chi connectivity index (χ4n) is 1.02. The number of hydrogen-bond donors (Lipinski definition) is 0. The summed E-state index contributed by atoms with van der Waals surface area (Å²) in [6.07, 6.45) is 12.0. The fraction of sp³-hybridized carbons (Fsp3) is 0.125. The lowest BCUT2D eigenvalue weighted by atomic mass is 10.4. The van der Waals surface area contributed by atoms with Crippen LogP contribution in [0.3, 0.4) is 0 Å². The molecule has 0 aromatic carbocycles. The SMILES string of the molecule is C1=CC=C2C=NCN2C=C1. The Morgan fingerprint density at radius 3 is 3.30 bits per heavy atom. The molecule has 2 aliphatic heterocycles. The molecule has 0 spiro atoms. The van der Waals surface area contributed by atoms with Crippen molar-refractivity contribution in [2.24, 2.45) is 4.99 Å². The summed E-state index contributed by atoms with van der Waals surface area (Å²) in [5.74, 6) is 0. The van der Waals surface area contributed by atoms with Gasteiger partial charge in [0.25, 0.3) is 0 Å². The van der Waals surface area contributed by atoms with Crippen molar-refractivity contribution in [3.63, 3.8) is 0 Å². The summed E-state index contributed by atoms with van der Waals surface area (Å²) in [5.41, 5.74) is 1.17. The monoisotopic (exact) mass is 132 g/mol. The zero-order chi connectivity index (χ0) is 6.81. The van der Waals surface area contributed by atoms with Crippen LogP contribution in [0.2, 0.25) is 0 Å². The van der Waals surface area contributed by atoms with Crippen LogP contribution in [-0.2, 0) is 0 Å². The van der Waals surface area contributed by atoms with E-state index in [1.54, 1.807) is 0 Å². The summed E-state index contributed by atoms with van der Waals surface area (Å²) >= 11 is 0. The van der Waals surface area contributed by atoms with Crippen LogP contribution in [0.15, 0.2) is 41.2 Å². The third kappa shape index (κ3) is 0.778. The van der Waals surface area contributed by atoms with E-state index in [-0.39, 0.29) is 0 Å². The summed E-state index contributed by atoms with van der Waals surface area (Å²) in [6, 6.07) is 0. The summed E-state index contributed by atoms with van der Waals surface area (Å²) < 4.78 is 0. The first kappa shape index (κ1) is 5.47. The lowest BCUT2D eigenvalue weighted by Crippen LogP contribution is -2.09. The molecule has 0 aliphatic carbocycles. The first-order valence-electron chi connectivity index (χ1n) is 3.28. The standard InChI is InChI=1S/C8H8N2/c1-2-4-8-6-9-7-10(8)5-3-1/h1-6H,7H2. The molecule has 0 saturated carbocycles. The molecule has 0 atom stereocenters. The van der Waals surface area contributed by atoms with Gasteiger partial charge in [0.2, 0.25) is 0 Å². The van der Waals surface area contributed by atoms with E-state index < -0.39 is 0 Å². The molecule has 50 valence electrons. The van der Waals surface area contributed by atoms with Gasteiger partial charge < -0.3 is 4.90 Å². The molecule has 2 heteroatoms. The van der Waals surface area contributed by atoms with E-state index in [0.717, 1.165) is 6.67 Å². The lowest BCUT2D eigenvalue weighted by Gasteiger charge is -2.09. The minimum absolute atomic E-state index is 0.768. The van der Waals surface area contributed by atoms with Crippen molar-refractivity contribution in [2.75, 3.05) is 6.67 Å². The normalized spacial score (nSPS) is 20.8. The molecule has 2 heterocycles. The molecule has 0 aromatic rings. The summed E-state index contributed by atoms with van der Waals surface area (Å²) in [5, 5.41) is 0. The molecule has 0 saturated heterocycles. The van der Waals surface area contributed by atoms with Gasteiger partial charge in [-0.3, -0.25) is 4.99 Å². The van der Waals surface area contributed by atoms with Gasteiger partial charge >= 0.3 is 0 Å². The minimum Gasteiger partial charge on any atom is -0.327 e. The molecular formula is C8H8N2. The molecule has 2 rings (SSSR count). The van der Waals surface area contributed by atoms with Gasteiger partial charge in [0.05, 0.1) is 5.70 Å². The number of hydrogen-bond acceptors (Lipinski definition) is 2. The molecule has 2 nitrogen and oxygen atoms in total. The first-order valence-corrected chi connectivity index (χ1v) is 3.28. The van der Waals surface area contributed by atoms with E-state index in [9.17, 15) is 0 Å². The van der Waals surface area contributed by atoms with Crippen LogP contribution in [0, 0.1) is 0 Å². The maximum atomic E-state index is 4.12. The van der Waals surface area contributed by atoms with E-state index in [4.69, 9.17) is 0 Å². The molecule has 0 aromatic heterocycles. The van der Waals surface area contributed by atoms with Gasteiger partial charge in [-0.05, 0) is 12.2 Å². The van der Waals surface area contributed by atoms with Crippen molar-refractivity contribution >= 4 is 6.21 Å². The second-order valence-corrected chi connectivity index (χ2v) is 2.24. The van der Waals surface area contributed by atoms with Crippen molar-refractivity contribution in [2.45, 2.75) is 0 Å². The molecular weight excluding hydrogens is 124 g/mol. The number of rotatable bonds is 0. The van der Waals surface area contributed by atoms with Crippen molar-refractivity contribution in [1.29, 1.82) is 0 Å². The van der Waals surface area contributed by atoms with Crippen molar-refractivity contribution < 1.29 is 0 Å². The largest absolute Gasteiger partial charge is 0.327 e. The van der Waals surface area contributed by atoms with Crippen LogP contribution in [0.25, 0.3) is 0 Å². The van der Waals surface area contributed by atoms with Gasteiger partial charge in [0.15, 0.2) is 0 Å². The Morgan fingerprint density at radius 1 is 1.30 bits per heavy atom. The van der Waals surface area contributed by atoms with E-state index >= 15 is 0 Å². The maximum Gasteiger partial charge on any atom is 0.114 e. The van der Waals surface area contributed by atoms with Gasteiger partial charge in [-0.1, -0.05) is 12.2 Å². The van der Waals surface area contributed by atoms with Gasteiger partial charge in [0, 0.05) is 12.4 Å². The topological polar surface area (TPSA) is 15.6 Å². The molecule has 0 amide bonds. The third-order valence-corrected chi connectivity index (χ3v) is 1.54. The lowest BCUT2D eigenvalue weighted by molar-refractivity contribution is 0.531. The Bertz CT molecular complexity index is 246. The van der Waals surface area contributed by atoms with Crippen LogP contribution in [-0.4, -0.2) is 17.8 Å². The zero-order valence-corrected chi connectivity index (χ0v) is 5.57. The van der Waals surface area contributed by atoms with Crippen molar-refractivity contribution in [3.05, 3.63) is 36.2 Å². The zero-order valence-electron chi connectivity index (χ0n) is 5.57. The molecule has 0 unspecified atom stereocenters. The Morgan fingerprint density at radius 2 is 2.30 bits per heavy atom. The average molecular weight is 132 g/mol. The van der Waals surface area contributed by atoms with Gasteiger partial charge in [-0.15, -0.1) is 0 Å². The van der Waals surface area contributed by atoms with E-state index in [1.807, 2.05) is 30.6 Å². The summed E-state index contributed by atoms with van der Waals surface area (Å²) in [6.45, 7) is 0.768.